The molecule has 0 saturated heterocycles. The molecule has 21 heavy (non-hydrogen) atoms. The number of nitrogens with one attached hydrogen (secondary N) is 1. The van der Waals surface area contributed by atoms with Gasteiger partial charge in [-0.3, -0.25) is 4.98 Å². The molecule has 0 atom stereocenters. The molecule has 1 N–H and O–H groups in total. The van der Waals surface area contributed by atoms with E-state index in [-0.39, 0.29) is 0 Å². The van der Waals surface area contributed by atoms with Crippen LogP contribution in [0.1, 0.15) is 37.4 Å². The molecular formula is C16H22N4O. The minimum Gasteiger partial charge on any atom is -0.374 e. The van der Waals surface area contributed by atoms with Crippen molar-refractivity contribution in [2.45, 2.75) is 33.3 Å². The molecule has 5 nitrogen and oxygen atoms in total. The van der Waals surface area contributed by atoms with Crippen LogP contribution in [0.4, 0.5) is 5.82 Å². The summed E-state index contributed by atoms with van der Waals surface area (Å²) < 4.78 is 5.42. The Morgan fingerprint density at radius 3 is 2.67 bits per heavy atom. The lowest BCUT2D eigenvalue weighted by molar-refractivity contribution is 0.128. The van der Waals surface area contributed by atoms with E-state index in [0.29, 0.717) is 13.2 Å². The van der Waals surface area contributed by atoms with Crippen molar-refractivity contribution in [3.8, 4) is 0 Å². The SMILES string of the molecule is CCCNc1cc(Cc2ccncc2)nc(COCC)n1. The van der Waals surface area contributed by atoms with Gasteiger partial charge < -0.3 is 10.1 Å². The summed E-state index contributed by atoms with van der Waals surface area (Å²) >= 11 is 0. The molecule has 0 aliphatic heterocycles. The topological polar surface area (TPSA) is 59.9 Å². The average Bonchev–Trinajstić information content (AvgIpc) is 2.52. The molecule has 0 unspecified atom stereocenters. The molecule has 5 heteroatoms. The second kappa shape index (κ2) is 8.32. The fourth-order valence-corrected chi connectivity index (χ4v) is 1.95. The van der Waals surface area contributed by atoms with Gasteiger partial charge in [-0.15, -0.1) is 0 Å². The summed E-state index contributed by atoms with van der Waals surface area (Å²) in [5, 5.41) is 3.32. The molecule has 2 aromatic heterocycles. The summed E-state index contributed by atoms with van der Waals surface area (Å²) in [6, 6.07) is 6.01. The lowest BCUT2D eigenvalue weighted by atomic mass is 10.1. The van der Waals surface area contributed by atoms with Crippen molar-refractivity contribution >= 4 is 5.82 Å². The monoisotopic (exact) mass is 286 g/mol. The number of aromatic nitrogens is 3. The van der Waals surface area contributed by atoms with Crippen molar-refractivity contribution in [3.05, 3.63) is 47.7 Å². The van der Waals surface area contributed by atoms with E-state index in [1.807, 2.05) is 25.1 Å². The minimum atomic E-state index is 0.446. The van der Waals surface area contributed by atoms with E-state index in [1.165, 1.54) is 5.56 Å². The number of ether oxygens (including phenoxy) is 1. The van der Waals surface area contributed by atoms with Gasteiger partial charge in [-0.25, -0.2) is 9.97 Å². The summed E-state index contributed by atoms with van der Waals surface area (Å²) in [5.74, 6) is 1.59. The Bertz CT molecular complexity index is 519. The average molecular weight is 286 g/mol. The third-order valence-corrected chi connectivity index (χ3v) is 2.95. The maximum absolute atomic E-state index is 5.42. The fraction of sp³-hybridized carbons (Fsp3) is 0.438. The largest absolute Gasteiger partial charge is 0.374 e. The standard InChI is InChI=1S/C16H22N4O/c1-3-7-18-15-11-14(10-13-5-8-17-9-6-13)19-16(20-15)12-21-4-2/h5-6,8-9,11H,3-4,7,10,12H2,1-2H3,(H,18,19,20). The minimum absolute atomic E-state index is 0.446. The van der Waals surface area contributed by atoms with Crippen LogP contribution in [0.3, 0.4) is 0 Å². The second-order valence-electron chi connectivity index (χ2n) is 4.76. The summed E-state index contributed by atoms with van der Waals surface area (Å²) in [6.45, 7) is 6.11. The lowest BCUT2D eigenvalue weighted by Crippen LogP contribution is -2.08. The van der Waals surface area contributed by atoms with Gasteiger partial charge in [0.15, 0.2) is 5.82 Å². The molecule has 0 radical (unpaired) electrons. The van der Waals surface area contributed by atoms with Gasteiger partial charge in [0.1, 0.15) is 12.4 Å². The fourth-order valence-electron chi connectivity index (χ4n) is 1.95. The Labute approximate surface area is 125 Å². The van der Waals surface area contributed by atoms with E-state index in [9.17, 15) is 0 Å². The van der Waals surface area contributed by atoms with Crippen LogP contribution < -0.4 is 5.32 Å². The second-order valence-corrected chi connectivity index (χ2v) is 4.76. The van der Waals surface area contributed by atoms with E-state index in [2.05, 4.69) is 27.2 Å². The van der Waals surface area contributed by atoms with Crippen molar-refractivity contribution in [1.29, 1.82) is 0 Å². The van der Waals surface area contributed by atoms with Gasteiger partial charge in [0.05, 0.1) is 5.69 Å². The molecule has 112 valence electrons. The zero-order chi connectivity index (χ0) is 14.9. The first kappa shape index (κ1) is 15.4. The van der Waals surface area contributed by atoms with Crippen molar-refractivity contribution in [3.63, 3.8) is 0 Å². The third kappa shape index (κ3) is 5.11. The highest BCUT2D eigenvalue weighted by Gasteiger charge is 2.06. The summed E-state index contributed by atoms with van der Waals surface area (Å²) in [7, 11) is 0. The number of rotatable bonds is 8. The highest BCUT2D eigenvalue weighted by Crippen LogP contribution is 2.12. The van der Waals surface area contributed by atoms with E-state index >= 15 is 0 Å². The summed E-state index contributed by atoms with van der Waals surface area (Å²) in [5.41, 5.74) is 2.18. The molecule has 2 rings (SSSR count). The molecule has 0 spiro atoms. The molecule has 0 aliphatic rings. The molecule has 0 aromatic carbocycles. The number of hydrogen-bond acceptors (Lipinski definition) is 5. The van der Waals surface area contributed by atoms with Crippen LogP contribution in [0, 0.1) is 0 Å². The number of anilines is 1. The van der Waals surface area contributed by atoms with Crippen LogP contribution in [-0.2, 0) is 17.8 Å². The molecule has 0 saturated carbocycles. The van der Waals surface area contributed by atoms with Crippen LogP contribution in [0.2, 0.25) is 0 Å². The molecule has 0 amide bonds. The zero-order valence-corrected chi connectivity index (χ0v) is 12.7. The van der Waals surface area contributed by atoms with Crippen LogP contribution >= 0.6 is 0 Å². The van der Waals surface area contributed by atoms with Gasteiger partial charge in [-0.2, -0.15) is 0 Å². The van der Waals surface area contributed by atoms with Gasteiger partial charge >= 0.3 is 0 Å². The molecule has 2 aromatic rings. The van der Waals surface area contributed by atoms with Crippen LogP contribution in [0.5, 0.6) is 0 Å². The van der Waals surface area contributed by atoms with Crippen LogP contribution in [0.15, 0.2) is 30.6 Å². The van der Waals surface area contributed by atoms with Gasteiger partial charge in [-0.05, 0) is 31.0 Å². The zero-order valence-electron chi connectivity index (χ0n) is 12.7. The molecular weight excluding hydrogens is 264 g/mol. The van der Waals surface area contributed by atoms with E-state index in [0.717, 1.165) is 36.7 Å². The smallest absolute Gasteiger partial charge is 0.156 e. The Hall–Kier alpha value is -2.01. The molecule has 0 bridgehead atoms. The maximum Gasteiger partial charge on any atom is 0.156 e. The Kier molecular flexibility index (Phi) is 6.09. The third-order valence-electron chi connectivity index (χ3n) is 2.95. The van der Waals surface area contributed by atoms with Crippen LogP contribution in [-0.4, -0.2) is 28.1 Å². The predicted molar refractivity (Wildman–Crippen MR) is 83.2 cm³/mol. The Morgan fingerprint density at radius 1 is 1.14 bits per heavy atom. The summed E-state index contributed by atoms with van der Waals surface area (Å²) in [6.07, 6.45) is 5.43. The quantitative estimate of drug-likeness (QED) is 0.808. The van der Waals surface area contributed by atoms with E-state index < -0.39 is 0 Å². The normalized spacial score (nSPS) is 10.6. The van der Waals surface area contributed by atoms with Gasteiger partial charge in [0.2, 0.25) is 0 Å². The maximum atomic E-state index is 5.42. The predicted octanol–water partition coefficient (Wildman–Crippen LogP) is 2.82. The van der Waals surface area contributed by atoms with Crippen molar-refractivity contribution < 1.29 is 4.74 Å². The van der Waals surface area contributed by atoms with E-state index in [4.69, 9.17) is 4.74 Å². The van der Waals surface area contributed by atoms with Crippen molar-refractivity contribution in [2.24, 2.45) is 0 Å². The van der Waals surface area contributed by atoms with Gasteiger partial charge in [0.25, 0.3) is 0 Å². The van der Waals surface area contributed by atoms with Gasteiger partial charge in [-0.1, -0.05) is 6.92 Å². The highest BCUT2D eigenvalue weighted by atomic mass is 16.5. The lowest BCUT2D eigenvalue weighted by Gasteiger charge is -2.09. The molecule has 0 aliphatic carbocycles. The molecule has 0 fully saturated rings. The Morgan fingerprint density at radius 2 is 1.95 bits per heavy atom. The summed E-state index contributed by atoms with van der Waals surface area (Å²) in [4.78, 5) is 13.1. The first-order valence-electron chi connectivity index (χ1n) is 7.39. The van der Waals surface area contributed by atoms with E-state index in [1.54, 1.807) is 12.4 Å². The van der Waals surface area contributed by atoms with Crippen LogP contribution in [0.25, 0.3) is 0 Å². The number of pyridine rings is 1. The highest BCUT2D eigenvalue weighted by molar-refractivity contribution is 5.37. The molecule has 2 heterocycles. The number of nitrogens with zero attached hydrogens (tertiary/aromatic N) is 3. The number of hydrogen-bond donors (Lipinski definition) is 1. The van der Waals surface area contributed by atoms with Gasteiger partial charge in [0, 0.05) is 38.0 Å². The first-order valence-corrected chi connectivity index (χ1v) is 7.39. The first-order chi connectivity index (χ1) is 10.3. The van der Waals surface area contributed by atoms with Crippen molar-refractivity contribution in [1.82, 2.24) is 15.0 Å². The Balaban J connectivity index is 2.17. The van der Waals surface area contributed by atoms with Crippen molar-refractivity contribution in [2.75, 3.05) is 18.5 Å².